The van der Waals surface area contributed by atoms with Gasteiger partial charge in [-0.05, 0) is 36.0 Å². The van der Waals surface area contributed by atoms with Crippen LogP contribution in [0, 0.1) is 24.2 Å². The summed E-state index contributed by atoms with van der Waals surface area (Å²) in [6.45, 7) is 14.2. The van der Waals surface area contributed by atoms with Crippen molar-refractivity contribution in [1.29, 1.82) is 0 Å². The highest BCUT2D eigenvalue weighted by Gasteiger charge is 2.36. The Morgan fingerprint density at radius 1 is 0.725 bits per heavy atom. The number of piperazine rings is 2. The van der Waals surface area contributed by atoms with Gasteiger partial charge in [0.2, 0.25) is 29.7 Å². The number of anilines is 3. The van der Waals surface area contributed by atoms with E-state index in [-0.39, 0.29) is 42.6 Å². The Bertz CT molecular complexity index is 2240. The normalized spacial score (nSPS) is 17.0. The quantitative estimate of drug-likeness (QED) is 0.0433. The minimum absolute atomic E-state index is 0.0311. The summed E-state index contributed by atoms with van der Waals surface area (Å²) in [7, 11) is 0. The van der Waals surface area contributed by atoms with E-state index in [9.17, 15) is 19.8 Å². The number of carbonyl (C=O) groups excluding carboxylic acids is 2. The fourth-order valence-electron chi connectivity index (χ4n) is 8.11. The van der Waals surface area contributed by atoms with Gasteiger partial charge in [-0.2, -0.15) is 15.0 Å². The lowest BCUT2D eigenvalue weighted by molar-refractivity contribution is -0.137. The maximum absolute atomic E-state index is 14.4. The summed E-state index contributed by atoms with van der Waals surface area (Å²) >= 11 is 0. The van der Waals surface area contributed by atoms with Crippen molar-refractivity contribution in [3.8, 4) is 18.1 Å². The summed E-state index contributed by atoms with van der Waals surface area (Å²) in [6, 6.07) is 4.60. The van der Waals surface area contributed by atoms with E-state index in [4.69, 9.17) is 47.1 Å². The molecular weight excluding hydrogens is 889 g/mol. The Morgan fingerprint density at radius 2 is 1.20 bits per heavy atom. The van der Waals surface area contributed by atoms with Gasteiger partial charge in [0, 0.05) is 58.9 Å². The monoisotopic (exact) mass is 959 g/mol. The van der Waals surface area contributed by atoms with Crippen molar-refractivity contribution in [3.63, 3.8) is 0 Å². The number of phenols is 1. The van der Waals surface area contributed by atoms with Crippen LogP contribution in [-0.4, -0.2) is 182 Å². The molecule has 23 heteroatoms. The average Bonchev–Trinajstić information content (AvgIpc) is 4.07. The molecule has 0 unspecified atom stereocenters. The van der Waals surface area contributed by atoms with Gasteiger partial charge in [-0.3, -0.25) is 9.59 Å². The number of nitrogens with zero attached hydrogens (tertiary/aromatic N) is 13. The lowest BCUT2D eigenvalue weighted by Gasteiger charge is -2.38. The molecule has 5 heterocycles. The third-order valence-corrected chi connectivity index (χ3v) is 12.7. The number of aromatic nitrogens is 9. The van der Waals surface area contributed by atoms with Gasteiger partial charge in [0.25, 0.3) is 0 Å². The molecular formula is C46H70N16O7. The van der Waals surface area contributed by atoms with Crippen LogP contribution in [0.25, 0.3) is 0 Å². The van der Waals surface area contributed by atoms with Crippen molar-refractivity contribution in [2.45, 2.75) is 71.1 Å². The Labute approximate surface area is 403 Å². The van der Waals surface area contributed by atoms with E-state index in [0.717, 1.165) is 18.4 Å². The lowest BCUT2D eigenvalue weighted by atomic mass is 9.97. The van der Waals surface area contributed by atoms with E-state index in [1.54, 1.807) is 33.9 Å². The number of terminal acetylenes is 1. The number of ether oxygens (including phenoxy) is 3. The van der Waals surface area contributed by atoms with E-state index >= 15 is 0 Å². The standard InChI is InChI=1S/C46H70N16O7/c1-6-22-67-24-26-69-27-25-68-23-13-49-44-50-45(52-46(51-44)60-20-16-58(17-21-60)43(66)41(33(5)8-3)62-30-39(54-56-62)37(48)31-63)59-18-14-57(15-19-59)42(65)40(32(4)7-2)61-29-38(53-55-61)36(47)28-34-9-11-35(64)12-10-34/h1,9-12,29-30,32-33,36-37,40-41,63-64H,7-8,13-28,31,47-48H2,2-5H3,(H,49,50,51,52)/t32-,33-,36-,37-,40-,41-/m0/s1. The zero-order chi connectivity index (χ0) is 49.3. The van der Waals surface area contributed by atoms with Crippen LogP contribution in [0.1, 0.15) is 81.7 Å². The number of hydrogen-bond acceptors (Lipinski definition) is 19. The van der Waals surface area contributed by atoms with Crippen molar-refractivity contribution >= 4 is 29.7 Å². The van der Waals surface area contributed by atoms with E-state index in [1.807, 2.05) is 47.6 Å². The summed E-state index contributed by atoms with van der Waals surface area (Å²) in [5.74, 6) is 3.73. The van der Waals surface area contributed by atoms with Gasteiger partial charge in [-0.1, -0.05) is 69.0 Å². The maximum atomic E-state index is 14.4. The second-order valence-electron chi connectivity index (χ2n) is 17.5. The fourth-order valence-corrected chi connectivity index (χ4v) is 8.11. The second kappa shape index (κ2) is 26.1. The first kappa shape index (κ1) is 52.3. The molecule has 1 aromatic carbocycles. The van der Waals surface area contributed by atoms with E-state index in [1.165, 1.54) is 0 Å². The van der Waals surface area contributed by atoms with Gasteiger partial charge in [0.05, 0.1) is 69.8 Å². The predicted octanol–water partition coefficient (Wildman–Crippen LogP) is 0.962. The highest BCUT2D eigenvalue weighted by molar-refractivity contribution is 5.81. The maximum Gasteiger partial charge on any atom is 0.247 e. The minimum atomic E-state index is -0.689. The molecule has 0 saturated carbocycles. The number of carbonyl (C=O) groups is 2. The van der Waals surface area contributed by atoms with Crippen LogP contribution < -0.4 is 26.6 Å². The largest absolute Gasteiger partial charge is 0.508 e. The molecule has 3 aromatic heterocycles. The molecule has 2 saturated heterocycles. The highest BCUT2D eigenvalue weighted by Crippen LogP contribution is 2.28. The molecule has 0 bridgehead atoms. The second-order valence-corrected chi connectivity index (χ2v) is 17.5. The summed E-state index contributed by atoms with van der Waals surface area (Å²) in [6.07, 6.45) is 10.6. The van der Waals surface area contributed by atoms with Crippen molar-refractivity contribution in [3.05, 3.63) is 53.6 Å². The number of nitrogens with one attached hydrogen (secondary N) is 1. The average molecular weight is 959 g/mol. The number of aliphatic hydroxyl groups excluding tert-OH is 1. The molecule has 6 atom stereocenters. The molecule has 6 rings (SSSR count). The third kappa shape index (κ3) is 14.3. The Balaban J connectivity index is 1.11. The van der Waals surface area contributed by atoms with Crippen molar-refractivity contribution in [2.75, 3.05) is 120 Å². The number of aliphatic hydroxyl groups is 1. The SMILES string of the molecule is C#CCOCCOCCOCCNc1nc(N2CCN(C(=O)[C@H]([C@@H](C)CC)n3cc([C@@H](N)CO)nn3)CC2)nc(N2CCN(C(=O)[C@H]([C@@H](C)CC)n3cc([C@@H](N)Cc4ccc(O)cc4)nn3)CC2)n1. The zero-order valence-corrected chi connectivity index (χ0v) is 40.3. The number of rotatable bonds is 26. The highest BCUT2D eigenvalue weighted by atomic mass is 16.5. The zero-order valence-electron chi connectivity index (χ0n) is 40.3. The number of hydrogen-bond donors (Lipinski definition) is 5. The first-order chi connectivity index (χ1) is 33.4. The van der Waals surface area contributed by atoms with Gasteiger partial charge in [0.1, 0.15) is 30.1 Å². The van der Waals surface area contributed by atoms with Gasteiger partial charge >= 0.3 is 0 Å². The van der Waals surface area contributed by atoms with Crippen LogP contribution in [0.15, 0.2) is 36.7 Å². The number of phenolic OH excluding ortho intramolecular Hbond substituents is 1. The van der Waals surface area contributed by atoms with Crippen LogP contribution in [0.5, 0.6) is 5.75 Å². The molecule has 2 aliphatic heterocycles. The Hall–Kier alpha value is -6.03. The lowest BCUT2D eigenvalue weighted by Crippen LogP contribution is -2.52. The first-order valence-corrected chi connectivity index (χ1v) is 23.9. The van der Waals surface area contributed by atoms with Crippen LogP contribution in [0.2, 0.25) is 0 Å². The topological polar surface area (TPSA) is 279 Å². The molecule has 69 heavy (non-hydrogen) atoms. The number of aromatic hydroxyl groups is 1. The molecule has 2 fully saturated rings. The Kier molecular flexibility index (Phi) is 19.8. The molecule has 376 valence electrons. The van der Waals surface area contributed by atoms with Crippen molar-refractivity contribution in [2.24, 2.45) is 23.3 Å². The van der Waals surface area contributed by atoms with Crippen LogP contribution in [0.4, 0.5) is 17.8 Å². The van der Waals surface area contributed by atoms with Gasteiger partial charge in [-0.15, -0.1) is 16.6 Å². The molecule has 4 aromatic rings. The summed E-state index contributed by atoms with van der Waals surface area (Å²) in [4.78, 5) is 50.9. The van der Waals surface area contributed by atoms with E-state index < -0.39 is 24.2 Å². The first-order valence-electron chi connectivity index (χ1n) is 23.9. The molecule has 2 amide bonds. The van der Waals surface area contributed by atoms with Gasteiger partial charge in [-0.25, -0.2) is 9.36 Å². The number of amides is 2. The molecule has 0 spiro atoms. The summed E-state index contributed by atoms with van der Waals surface area (Å²) in [5, 5.41) is 39.7. The van der Waals surface area contributed by atoms with Crippen molar-refractivity contribution in [1.82, 2.24) is 54.7 Å². The smallest absolute Gasteiger partial charge is 0.247 e. The van der Waals surface area contributed by atoms with Crippen LogP contribution in [0.3, 0.4) is 0 Å². The molecule has 0 aliphatic carbocycles. The Morgan fingerprint density at radius 3 is 1.68 bits per heavy atom. The van der Waals surface area contributed by atoms with Crippen LogP contribution >= 0.6 is 0 Å². The van der Waals surface area contributed by atoms with Gasteiger partial charge < -0.3 is 60.8 Å². The summed E-state index contributed by atoms with van der Waals surface area (Å²) in [5.41, 5.74) is 14.5. The van der Waals surface area contributed by atoms with E-state index in [2.05, 4.69) is 43.7 Å². The van der Waals surface area contributed by atoms with E-state index in [0.29, 0.717) is 128 Å². The number of benzene rings is 1. The molecule has 7 N–H and O–H groups in total. The minimum Gasteiger partial charge on any atom is -0.508 e. The summed E-state index contributed by atoms with van der Waals surface area (Å²) < 4.78 is 19.8. The molecule has 23 nitrogen and oxygen atoms in total. The van der Waals surface area contributed by atoms with Crippen molar-refractivity contribution < 1.29 is 34.0 Å². The predicted molar refractivity (Wildman–Crippen MR) is 257 cm³/mol. The third-order valence-electron chi connectivity index (χ3n) is 12.7. The molecule has 2 aliphatic rings. The molecule has 0 radical (unpaired) electrons. The van der Waals surface area contributed by atoms with Crippen LogP contribution in [-0.2, 0) is 30.2 Å². The van der Waals surface area contributed by atoms with Gasteiger partial charge in [0.15, 0.2) is 0 Å². The fraction of sp³-hybridized carbons (Fsp3) is 0.630. The number of nitrogens with two attached hydrogens (primary N) is 2.